The van der Waals surface area contributed by atoms with E-state index in [-0.39, 0.29) is 50.2 Å². The van der Waals surface area contributed by atoms with E-state index in [0.717, 1.165) is 28.7 Å². The number of aromatic nitrogens is 4. The molecule has 0 unspecified atom stereocenters. The van der Waals surface area contributed by atoms with Crippen molar-refractivity contribution in [1.29, 1.82) is 0 Å². The topological polar surface area (TPSA) is 261 Å². The summed E-state index contributed by atoms with van der Waals surface area (Å²) >= 11 is 0. The second kappa shape index (κ2) is 36.6. The number of hydrogen-bond donors (Lipinski definition) is 3. The van der Waals surface area contributed by atoms with Crippen LogP contribution in [-0.2, 0) is 79.6 Å². The first-order valence-corrected chi connectivity index (χ1v) is 25.0. The van der Waals surface area contributed by atoms with Gasteiger partial charge in [-0.2, -0.15) is 5.10 Å². The van der Waals surface area contributed by atoms with Gasteiger partial charge in [0.1, 0.15) is 17.3 Å². The summed E-state index contributed by atoms with van der Waals surface area (Å²) < 4.78 is 60.1. The van der Waals surface area contributed by atoms with E-state index in [2.05, 4.69) is 30.5 Å². The molecule has 2 amide bonds. The number of nitrogens with zero attached hydrogens (tertiary/aromatic N) is 5. The fraction of sp³-hybridized carbons (Fsp3) is 0.627. The normalized spacial score (nSPS) is 12.5. The van der Waals surface area contributed by atoms with Crippen LogP contribution in [0.3, 0.4) is 0 Å². The van der Waals surface area contributed by atoms with Crippen LogP contribution in [0.1, 0.15) is 70.3 Å². The van der Waals surface area contributed by atoms with Gasteiger partial charge in [0.2, 0.25) is 5.91 Å². The molecule has 1 aliphatic rings. The molecule has 0 saturated heterocycles. The number of ether oxygens (including phenoxy) is 11. The van der Waals surface area contributed by atoms with E-state index >= 15 is 0 Å². The van der Waals surface area contributed by atoms with Crippen LogP contribution < -0.4 is 11.1 Å². The van der Waals surface area contributed by atoms with E-state index in [9.17, 15) is 14.4 Å². The molecule has 0 radical (unpaired) electrons. The summed E-state index contributed by atoms with van der Waals surface area (Å²) in [5, 5.41) is 9.63. The quantitative estimate of drug-likeness (QED) is 0.0536. The van der Waals surface area contributed by atoms with Crippen molar-refractivity contribution in [2.24, 2.45) is 10.7 Å². The molecule has 22 nitrogen and oxygen atoms in total. The first-order valence-electron chi connectivity index (χ1n) is 25.0. The Kier molecular flexibility index (Phi) is 30.2. The zero-order valence-corrected chi connectivity index (χ0v) is 43.2. The Morgan fingerprint density at radius 1 is 0.671 bits per heavy atom. The number of nitrogens with one attached hydrogen (secondary N) is 2. The molecular formula is C51H78N8O14. The zero-order chi connectivity index (χ0) is 52.2. The van der Waals surface area contributed by atoms with Crippen molar-refractivity contribution in [3.05, 3.63) is 65.5 Å². The molecule has 1 aromatic carbocycles. The molecule has 0 fully saturated rings. The lowest BCUT2D eigenvalue weighted by Gasteiger charge is -2.23. The highest BCUT2D eigenvalue weighted by atomic mass is 16.6. The third-order valence-corrected chi connectivity index (χ3v) is 10.2. The van der Waals surface area contributed by atoms with Gasteiger partial charge in [0.05, 0.1) is 157 Å². The summed E-state index contributed by atoms with van der Waals surface area (Å²) in [6, 6.07) is 5.75. The van der Waals surface area contributed by atoms with Gasteiger partial charge in [-0.25, -0.2) is 15.0 Å². The molecule has 73 heavy (non-hydrogen) atoms. The van der Waals surface area contributed by atoms with Gasteiger partial charge in [-0.3, -0.25) is 19.5 Å². The monoisotopic (exact) mass is 1030 g/mol. The Morgan fingerprint density at radius 2 is 1.16 bits per heavy atom. The molecule has 0 atom stereocenters. The number of carbonyl (C=O) groups excluding carboxylic acids is 3. The number of H-pyrrole nitrogens is 1. The maximum atomic E-state index is 13.6. The van der Waals surface area contributed by atoms with Crippen molar-refractivity contribution < 1.29 is 66.5 Å². The number of hydrogen-bond acceptors (Lipinski definition) is 19. The number of aromatic amines is 1. The van der Waals surface area contributed by atoms with Crippen molar-refractivity contribution in [1.82, 2.24) is 30.4 Å². The van der Waals surface area contributed by atoms with Crippen molar-refractivity contribution in [2.75, 3.05) is 139 Å². The first-order chi connectivity index (χ1) is 35.5. The molecule has 0 aliphatic carbocycles. The van der Waals surface area contributed by atoms with Gasteiger partial charge in [0.15, 0.2) is 0 Å². The number of nitrogens with two attached hydrogens (primary N) is 1. The molecule has 0 spiro atoms. The molecule has 4 rings (SSSR count). The number of aliphatic imine (C=N–C) groups is 1. The standard InChI is InChI=1S/C51H78N8O14/c1-5-10-59(39-40-34-56-57-35-40)50(62)43-31-42-7-6-41(32-45(42)58-46(52)33-43)44-36-53-47(54-37-44)38-55-48(60)8-11-63-13-15-65-17-19-67-21-23-69-25-27-71-29-30-72-28-26-70-24-22-68-20-18-66-16-14-64-12-9-49(61)73-51(2,3)4/h6-7,31-32,34-37H,5,8-30,33,38-39H2,1-4H3,(H2,52,58)(H,55,60)(H,56,57). The van der Waals surface area contributed by atoms with E-state index in [1.807, 2.05) is 52.0 Å². The van der Waals surface area contributed by atoms with Crippen molar-refractivity contribution in [3.8, 4) is 11.1 Å². The molecular weight excluding hydrogens is 949 g/mol. The summed E-state index contributed by atoms with van der Waals surface area (Å²) in [5.74, 6) is 0.280. The predicted octanol–water partition coefficient (Wildman–Crippen LogP) is 3.99. The largest absolute Gasteiger partial charge is 0.460 e. The third kappa shape index (κ3) is 27.6. The average molecular weight is 1030 g/mol. The van der Waals surface area contributed by atoms with Gasteiger partial charge < -0.3 is 68.1 Å². The van der Waals surface area contributed by atoms with E-state index in [4.69, 9.17) is 57.8 Å². The smallest absolute Gasteiger partial charge is 0.308 e. The van der Waals surface area contributed by atoms with Gasteiger partial charge in [-0.05, 0) is 44.9 Å². The van der Waals surface area contributed by atoms with Crippen molar-refractivity contribution >= 4 is 35.4 Å². The van der Waals surface area contributed by atoms with E-state index in [0.29, 0.717) is 162 Å². The van der Waals surface area contributed by atoms with Crippen molar-refractivity contribution in [2.45, 2.75) is 72.1 Å². The minimum Gasteiger partial charge on any atom is -0.460 e. The van der Waals surface area contributed by atoms with Crippen LogP contribution in [0, 0.1) is 0 Å². The molecule has 2 aromatic heterocycles. The van der Waals surface area contributed by atoms with Crippen LogP contribution in [0.15, 0.2) is 53.6 Å². The van der Waals surface area contributed by atoms with Gasteiger partial charge in [-0.15, -0.1) is 0 Å². The van der Waals surface area contributed by atoms with Crippen molar-refractivity contribution in [3.63, 3.8) is 0 Å². The van der Waals surface area contributed by atoms with Crippen LogP contribution in [0.5, 0.6) is 0 Å². The van der Waals surface area contributed by atoms with Gasteiger partial charge in [0, 0.05) is 66.8 Å². The fourth-order valence-corrected chi connectivity index (χ4v) is 6.67. The molecule has 22 heteroatoms. The Bertz CT molecular complexity index is 2050. The summed E-state index contributed by atoms with van der Waals surface area (Å²) in [4.78, 5) is 52.9. The molecule has 4 N–H and O–H groups in total. The Balaban J connectivity index is 0.889. The molecule has 0 bridgehead atoms. The highest BCUT2D eigenvalue weighted by molar-refractivity contribution is 6.05. The number of amidine groups is 1. The summed E-state index contributed by atoms with van der Waals surface area (Å²) in [6.07, 6.45) is 10.2. The first kappa shape index (κ1) is 60.3. The Hall–Kier alpha value is -5.27. The van der Waals surface area contributed by atoms with Gasteiger partial charge in [0.25, 0.3) is 5.91 Å². The zero-order valence-electron chi connectivity index (χ0n) is 43.2. The highest BCUT2D eigenvalue weighted by Gasteiger charge is 2.22. The second-order valence-corrected chi connectivity index (χ2v) is 17.4. The Morgan fingerprint density at radius 3 is 1.63 bits per heavy atom. The maximum absolute atomic E-state index is 13.6. The number of esters is 1. The number of benzene rings is 1. The number of rotatable bonds is 41. The van der Waals surface area contributed by atoms with Crippen LogP contribution in [0.4, 0.5) is 5.69 Å². The summed E-state index contributed by atoms with van der Waals surface area (Å²) in [5.41, 5.74) is 10.4. The van der Waals surface area contributed by atoms with Crippen LogP contribution in [0.25, 0.3) is 17.2 Å². The Labute approximate surface area is 429 Å². The number of carbonyl (C=O) groups is 3. The van der Waals surface area contributed by atoms with E-state index in [1.54, 1.807) is 29.7 Å². The third-order valence-electron chi connectivity index (χ3n) is 10.2. The fourth-order valence-electron chi connectivity index (χ4n) is 6.67. The van der Waals surface area contributed by atoms with Gasteiger partial charge in [-0.1, -0.05) is 19.1 Å². The number of amides is 2. The summed E-state index contributed by atoms with van der Waals surface area (Å²) in [7, 11) is 0. The molecule has 0 saturated carbocycles. The SMILES string of the molecule is CCCN(Cc1cn[nH]c1)C(=O)C1=Cc2ccc(-c3cnc(CNC(=O)CCOCCOCCOCCOCCOCCOCCOCCOCCOCCOCCC(=O)OC(C)(C)C)nc3)cc2N=C(N)C1. The average Bonchev–Trinajstić information content (AvgIpc) is 3.82. The lowest BCUT2D eigenvalue weighted by molar-refractivity contribution is -0.156. The van der Waals surface area contributed by atoms with Crippen LogP contribution in [-0.4, -0.2) is 193 Å². The predicted molar refractivity (Wildman–Crippen MR) is 271 cm³/mol. The van der Waals surface area contributed by atoms with Gasteiger partial charge >= 0.3 is 5.97 Å². The molecule has 406 valence electrons. The molecule has 1 aliphatic heterocycles. The molecule has 3 heterocycles. The van der Waals surface area contributed by atoms with E-state index < -0.39 is 5.60 Å². The van der Waals surface area contributed by atoms with E-state index in [1.165, 1.54) is 0 Å². The lowest BCUT2D eigenvalue weighted by atomic mass is 10.0. The highest BCUT2D eigenvalue weighted by Crippen LogP contribution is 2.32. The number of fused-ring (bicyclic) bond motifs is 1. The minimum atomic E-state index is -0.487. The summed E-state index contributed by atoms with van der Waals surface area (Å²) in [6.45, 7) is 17.2. The molecule has 3 aromatic rings. The minimum absolute atomic E-state index is 0.0858. The van der Waals surface area contributed by atoms with Crippen LogP contribution in [0.2, 0.25) is 0 Å². The maximum Gasteiger partial charge on any atom is 0.308 e. The van der Waals surface area contributed by atoms with Crippen LogP contribution >= 0.6 is 0 Å². The second-order valence-electron chi connectivity index (χ2n) is 17.4. The lowest BCUT2D eigenvalue weighted by Crippen LogP contribution is -2.33.